The summed E-state index contributed by atoms with van der Waals surface area (Å²) in [5.41, 5.74) is 1.75. The van der Waals surface area contributed by atoms with Gasteiger partial charge < -0.3 is 19.1 Å². The first kappa shape index (κ1) is 21.2. The maximum atomic E-state index is 13.1. The summed E-state index contributed by atoms with van der Waals surface area (Å²) in [7, 11) is 3.10. The third-order valence-corrected chi connectivity index (χ3v) is 5.41. The molecule has 4 rings (SSSR count). The van der Waals surface area contributed by atoms with Crippen LogP contribution >= 0.6 is 0 Å². The van der Waals surface area contributed by atoms with Gasteiger partial charge in [0.15, 0.2) is 5.82 Å². The zero-order valence-electron chi connectivity index (χ0n) is 18.1. The SMILES string of the molecule is COc1ccc(C2/C(=C(\O)c3ccc(OC)c(C)c3)C(=O)C(=O)N2c2cc(C)on2)cc1. The number of aliphatic hydroxyl groups is 1. The van der Waals surface area contributed by atoms with E-state index in [0.29, 0.717) is 28.4 Å². The van der Waals surface area contributed by atoms with Crippen LogP contribution in [0.2, 0.25) is 0 Å². The first-order chi connectivity index (χ1) is 15.3. The predicted molar refractivity (Wildman–Crippen MR) is 117 cm³/mol. The van der Waals surface area contributed by atoms with Crippen LogP contribution in [0.1, 0.15) is 28.5 Å². The predicted octanol–water partition coefficient (Wildman–Crippen LogP) is 3.93. The molecule has 8 heteroatoms. The Bertz CT molecular complexity index is 1230. The van der Waals surface area contributed by atoms with Crippen molar-refractivity contribution in [1.82, 2.24) is 5.16 Å². The molecule has 1 amide bonds. The second-order valence-electron chi connectivity index (χ2n) is 7.42. The largest absolute Gasteiger partial charge is 0.507 e. The molecule has 1 saturated heterocycles. The van der Waals surface area contributed by atoms with Gasteiger partial charge in [-0.05, 0) is 55.3 Å². The standard InChI is InChI=1S/C24H22N2O6/c1-13-11-16(7-10-18(13)31-4)22(27)20-21(15-5-8-17(30-3)9-6-15)26(24(29)23(20)28)19-12-14(2)32-25-19/h5-12,21,27H,1-4H3/b22-20+. The number of aliphatic hydroxyl groups excluding tert-OH is 1. The maximum absolute atomic E-state index is 13.1. The molecule has 164 valence electrons. The number of anilines is 1. The fraction of sp³-hybridized carbons (Fsp3) is 0.208. The Kier molecular flexibility index (Phi) is 5.44. The number of nitrogens with zero attached hydrogens (tertiary/aromatic N) is 2. The van der Waals surface area contributed by atoms with Crippen LogP contribution in [0.4, 0.5) is 5.82 Å². The number of rotatable bonds is 5. The van der Waals surface area contributed by atoms with Gasteiger partial charge in [0.1, 0.15) is 23.0 Å². The van der Waals surface area contributed by atoms with Crippen molar-refractivity contribution < 1.29 is 28.7 Å². The van der Waals surface area contributed by atoms with E-state index >= 15 is 0 Å². The second-order valence-corrected chi connectivity index (χ2v) is 7.42. The molecule has 1 aliphatic heterocycles. The molecular formula is C24H22N2O6. The Balaban J connectivity index is 1.92. The zero-order valence-corrected chi connectivity index (χ0v) is 18.1. The summed E-state index contributed by atoms with van der Waals surface area (Å²) in [4.78, 5) is 27.4. The van der Waals surface area contributed by atoms with Crippen LogP contribution in [0.3, 0.4) is 0 Å². The van der Waals surface area contributed by atoms with Gasteiger partial charge in [0.25, 0.3) is 5.78 Å². The third kappa shape index (κ3) is 3.49. The van der Waals surface area contributed by atoms with Gasteiger partial charge in [0.05, 0.1) is 25.8 Å². The maximum Gasteiger partial charge on any atom is 0.301 e. The first-order valence-corrected chi connectivity index (χ1v) is 9.89. The van der Waals surface area contributed by atoms with E-state index in [0.717, 1.165) is 5.56 Å². The average Bonchev–Trinajstić information content (AvgIpc) is 3.34. The van der Waals surface area contributed by atoms with E-state index in [1.807, 2.05) is 6.92 Å². The lowest BCUT2D eigenvalue weighted by Crippen LogP contribution is -2.29. The number of hydrogen-bond donors (Lipinski definition) is 1. The summed E-state index contributed by atoms with van der Waals surface area (Å²) in [5, 5.41) is 15.1. The number of aromatic nitrogens is 1. The van der Waals surface area contributed by atoms with Crippen LogP contribution in [-0.2, 0) is 9.59 Å². The number of ketones is 1. The Morgan fingerprint density at radius 2 is 1.75 bits per heavy atom. The molecule has 3 aromatic rings. The highest BCUT2D eigenvalue weighted by Gasteiger charge is 2.48. The zero-order chi connectivity index (χ0) is 23.0. The van der Waals surface area contributed by atoms with Crippen LogP contribution in [0, 0.1) is 13.8 Å². The van der Waals surface area contributed by atoms with Gasteiger partial charge in [0, 0.05) is 11.6 Å². The summed E-state index contributed by atoms with van der Waals surface area (Å²) in [6.07, 6.45) is 0. The minimum Gasteiger partial charge on any atom is -0.507 e. The molecule has 0 saturated carbocycles. The highest BCUT2D eigenvalue weighted by molar-refractivity contribution is 6.51. The lowest BCUT2D eigenvalue weighted by Gasteiger charge is -2.23. The van der Waals surface area contributed by atoms with Crippen LogP contribution < -0.4 is 14.4 Å². The van der Waals surface area contributed by atoms with Gasteiger partial charge in [-0.15, -0.1) is 0 Å². The van der Waals surface area contributed by atoms with E-state index in [4.69, 9.17) is 14.0 Å². The van der Waals surface area contributed by atoms with E-state index in [1.54, 1.807) is 69.7 Å². The highest BCUT2D eigenvalue weighted by Crippen LogP contribution is 2.42. The molecule has 1 aromatic heterocycles. The minimum atomic E-state index is -0.896. The number of hydrogen-bond acceptors (Lipinski definition) is 7. The number of Topliss-reactive ketones (excluding diaryl/α,β-unsaturated/α-hetero) is 1. The van der Waals surface area contributed by atoms with Gasteiger partial charge in [-0.25, -0.2) is 0 Å². The van der Waals surface area contributed by atoms with Crippen molar-refractivity contribution in [2.24, 2.45) is 0 Å². The molecule has 2 aromatic carbocycles. The van der Waals surface area contributed by atoms with E-state index in [1.165, 1.54) is 4.90 Å². The van der Waals surface area contributed by atoms with Gasteiger partial charge in [0.2, 0.25) is 0 Å². The van der Waals surface area contributed by atoms with Gasteiger partial charge >= 0.3 is 5.91 Å². The van der Waals surface area contributed by atoms with E-state index < -0.39 is 17.7 Å². The summed E-state index contributed by atoms with van der Waals surface area (Å²) < 4.78 is 15.6. The molecule has 1 fully saturated rings. The van der Waals surface area contributed by atoms with E-state index in [9.17, 15) is 14.7 Å². The lowest BCUT2D eigenvalue weighted by molar-refractivity contribution is -0.132. The third-order valence-electron chi connectivity index (χ3n) is 5.41. The number of carbonyl (C=O) groups is 2. The number of carbonyl (C=O) groups excluding carboxylic acids is 2. The van der Waals surface area contributed by atoms with Crippen molar-refractivity contribution in [2.75, 3.05) is 19.1 Å². The molecule has 1 N–H and O–H groups in total. The number of amides is 1. The fourth-order valence-corrected chi connectivity index (χ4v) is 3.82. The van der Waals surface area contributed by atoms with Crippen molar-refractivity contribution in [1.29, 1.82) is 0 Å². The molecule has 1 unspecified atom stereocenters. The Hall–Kier alpha value is -4.07. The minimum absolute atomic E-state index is 0.0367. The number of methoxy groups -OCH3 is 2. The lowest BCUT2D eigenvalue weighted by atomic mass is 9.94. The Morgan fingerprint density at radius 3 is 2.31 bits per heavy atom. The van der Waals surface area contributed by atoms with Gasteiger partial charge in [-0.2, -0.15) is 0 Å². The van der Waals surface area contributed by atoms with Crippen LogP contribution in [0.25, 0.3) is 5.76 Å². The van der Waals surface area contributed by atoms with Crippen molar-refractivity contribution in [3.05, 3.63) is 76.6 Å². The highest BCUT2D eigenvalue weighted by atomic mass is 16.5. The van der Waals surface area contributed by atoms with Crippen molar-refractivity contribution in [3.63, 3.8) is 0 Å². The summed E-state index contributed by atoms with van der Waals surface area (Å²) in [6.45, 7) is 3.52. The second kappa shape index (κ2) is 8.22. The van der Waals surface area contributed by atoms with Crippen LogP contribution in [-0.4, -0.2) is 36.2 Å². The average molecular weight is 434 g/mol. The normalized spacial score (nSPS) is 17.6. The van der Waals surface area contributed by atoms with Gasteiger partial charge in [-0.3, -0.25) is 14.5 Å². The molecule has 32 heavy (non-hydrogen) atoms. The Labute approximate surface area is 184 Å². The molecule has 0 aliphatic carbocycles. The van der Waals surface area contributed by atoms with Gasteiger partial charge in [-0.1, -0.05) is 17.3 Å². The molecule has 0 radical (unpaired) electrons. The number of aryl methyl sites for hydroxylation is 2. The van der Waals surface area contributed by atoms with Crippen molar-refractivity contribution in [2.45, 2.75) is 19.9 Å². The molecule has 2 heterocycles. The first-order valence-electron chi connectivity index (χ1n) is 9.89. The van der Waals surface area contributed by atoms with Crippen LogP contribution in [0.5, 0.6) is 11.5 Å². The topological polar surface area (TPSA) is 102 Å². The van der Waals surface area contributed by atoms with Crippen molar-refractivity contribution in [3.8, 4) is 11.5 Å². The Morgan fingerprint density at radius 1 is 1.03 bits per heavy atom. The molecule has 8 nitrogen and oxygen atoms in total. The van der Waals surface area contributed by atoms with Crippen molar-refractivity contribution >= 4 is 23.3 Å². The summed E-state index contributed by atoms with van der Waals surface area (Å²) in [5.74, 6) is 0.0538. The smallest absolute Gasteiger partial charge is 0.301 e. The molecule has 1 aliphatic rings. The molecule has 0 bridgehead atoms. The number of ether oxygens (including phenoxy) is 2. The quantitative estimate of drug-likeness (QED) is 0.369. The summed E-state index contributed by atoms with van der Waals surface area (Å²) in [6, 6.07) is 12.6. The molecular weight excluding hydrogens is 412 g/mol. The molecule has 1 atom stereocenters. The summed E-state index contributed by atoms with van der Waals surface area (Å²) >= 11 is 0. The van der Waals surface area contributed by atoms with E-state index in [-0.39, 0.29) is 17.2 Å². The fourth-order valence-electron chi connectivity index (χ4n) is 3.82. The molecule has 0 spiro atoms. The van der Waals surface area contributed by atoms with E-state index in [2.05, 4.69) is 5.16 Å². The number of benzene rings is 2. The van der Waals surface area contributed by atoms with Crippen LogP contribution in [0.15, 0.2) is 58.6 Å². The monoisotopic (exact) mass is 434 g/mol.